The molecule has 20 heavy (non-hydrogen) atoms. The molecule has 0 N–H and O–H groups in total. The molecule has 0 fully saturated rings. The highest BCUT2D eigenvalue weighted by atomic mass is 35.5. The predicted molar refractivity (Wildman–Crippen MR) is 77.0 cm³/mol. The minimum Gasteiger partial charge on any atom is -0.360 e. The minimum absolute atomic E-state index is 0.120. The molecule has 0 radical (unpaired) electrons. The largest absolute Gasteiger partial charge is 0.416 e. The van der Waals surface area contributed by atoms with Crippen molar-refractivity contribution in [1.29, 1.82) is 0 Å². The van der Waals surface area contributed by atoms with Gasteiger partial charge < -0.3 is 4.90 Å². The van der Waals surface area contributed by atoms with Crippen molar-refractivity contribution in [2.75, 3.05) is 11.9 Å². The second-order valence-electron chi connectivity index (χ2n) is 4.13. The SMILES string of the molecule is CN(Cc1cccc(C(F)(F)F)c1)c1ssc(=O)c1Cl. The molecule has 2 aromatic rings. The highest BCUT2D eigenvalue weighted by Crippen LogP contribution is 2.33. The van der Waals surface area contributed by atoms with Gasteiger partial charge in [0.15, 0.2) is 0 Å². The summed E-state index contributed by atoms with van der Waals surface area (Å²) in [6.45, 7) is 0.246. The molecule has 0 aliphatic rings. The van der Waals surface area contributed by atoms with Gasteiger partial charge in [-0.3, -0.25) is 4.79 Å². The first-order valence-electron chi connectivity index (χ1n) is 5.45. The Bertz CT molecular complexity index is 665. The number of rotatable bonds is 3. The van der Waals surface area contributed by atoms with Crippen LogP contribution in [0.1, 0.15) is 11.1 Å². The van der Waals surface area contributed by atoms with Gasteiger partial charge >= 0.3 is 6.18 Å². The normalized spacial score (nSPS) is 11.7. The van der Waals surface area contributed by atoms with Crippen LogP contribution < -0.4 is 9.64 Å². The van der Waals surface area contributed by atoms with Crippen molar-refractivity contribution >= 4 is 37.3 Å². The van der Waals surface area contributed by atoms with Gasteiger partial charge in [-0.25, -0.2) is 0 Å². The summed E-state index contributed by atoms with van der Waals surface area (Å²) in [5.41, 5.74) is -0.183. The predicted octanol–water partition coefficient (Wildman–Crippen LogP) is 4.48. The Morgan fingerprint density at radius 1 is 1.30 bits per heavy atom. The lowest BCUT2D eigenvalue weighted by Crippen LogP contribution is -2.16. The van der Waals surface area contributed by atoms with E-state index in [0.717, 1.165) is 22.5 Å². The number of benzene rings is 1. The van der Waals surface area contributed by atoms with Crippen molar-refractivity contribution in [2.45, 2.75) is 12.7 Å². The third kappa shape index (κ3) is 3.34. The first-order valence-corrected chi connectivity index (χ1v) is 7.97. The fourth-order valence-corrected chi connectivity index (χ4v) is 4.40. The monoisotopic (exact) mass is 339 g/mol. The van der Waals surface area contributed by atoms with E-state index < -0.39 is 11.7 Å². The third-order valence-corrected chi connectivity index (χ3v) is 5.45. The van der Waals surface area contributed by atoms with Gasteiger partial charge in [0, 0.05) is 13.6 Å². The van der Waals surface area contributed by atoms with Crippen LogP contribution in [-0.4, -0.2) is 7.05 Å². The molecule has 8 heteroatoms. The Labute approximate surface area is 125 Å². The summed E-state index contributed by atoms with van der Waals surface area (Å²) in [7, 11) is 3.91. The van der Waals surface area contributed by atoms with Crippen LogP contribution in [0.25, 0.3) is 0 Å². The molecule has 1 heterocycles. The van der Waals surface area contributed by atoms with Crippen LogP contribution in [0, 0.1) is 0 Å². The molecule has 0 saturated carbocycles. The van der Waals surface area contributed by atoms with Gasteiger partial charge in [0.05, 0.1) is 5.56 Å². The number of alkyl halides is 3. The quantitative estimate of drug-likeness (QED) is 0.768. The van der Waals surface area contributed by atoms with Crippen LogP contribution in [0.2, 0.25) is 5.02 Å². The van der Waals surface area contributed by atoms with Crippen LogP contribution >= 0.6 is 32.3 Å². The molecule has 0 bridgehead atoms. The van der Waals surface area contributed by atoms with Crippen molar-refractivity contribution in [3.8, 4) is 0 Å². The van der Waals surface area contributed by atoms with Crippen molar-refractivity contribution < 1.29 is 13.2 Å². The summed E-state index contributed by atoms with van der Waals surface area (Å²) in [4.78, 5) is 13.0. The van der Waals surface area contributed by atoms with Crippen LogP contribution in [0.3, 0.4) is 0 Å². The van der Waals surface area contributed by atoms with Gasteiger partial charge in [-0.2, -0.15) is 13.2 Å². The maximum absolute atomic E-state index is 12.6. The number of nitrogens with zero attached hydrogens (tertiary/aromatic N) is 1. The zero-order valence-corrected chi connectivity index (χ0v) is 12.6. The summed E-state index contributed by atoms with van der Waals surface area (Å²) in [5, 5.41) is 0.688. The average molecular weight is 340 g/mol. The lowest BCUT2D eigenvalue weighted by atomic mass is 10.1. The zero-order chi connectivity index (χ0) is 14.9. The van der Waals surface area contributed by atoms with Gasteiger partial charge in [-0.15, -0.1) is 0 Å². The van der Waals surface area contributed by atoms with Crippen molar-refractivity contribution in [3.63, 3.8) is 0 Å². The molecular formula is C12H9ClF3NOS2. The highest BCUT2D eigenvalue weighted by molar-refractivity contribution is 7.70. The number of halogens is 4. The Kier molecular flexibility index (Phi) is 4.41. The second kappa shape index (κ2) is 5.75. The molecule has 1 aromatic carbocycles. The van der Waals surface area contributed by atoms with Crippen LogP contribution in [-0.2, 0) is 12.7 Å². The zero-order valence-electron chi connectivity index (χ0n) is 10.2. The third-order valence-electron chi connectivity index (χ3n) is 2.58. The minimum atomic E-state index is -4.36. The lowest BCUT2D eigenvalue weighted by Gasteiger charge is -2.18. The van der Waals surface area contributed by atoms with Crippen molar-refractivity contribution in [2.24, 2.45) is 0 Å². The number of anilines is 1. The topological polar surface area (TPSA) is 20.3 Å². The van der Waals surface area contributed by atoms with E-state index in [2.05, 4.69) is 0 Å². The molecule has 0 saturated heterocycles. The molecule has 0 amide bonds. The molecule has 108 valence electrons. The lowest BCUT2D eigenvalue weighted by molar-refractivity contribution is -0.137. The summed E-state index contributed by atoms with van der Waals surface area (Å²) in [6.07, 6.45) is -4.36. The molecule has 0 unspecified atom stereocenters. The standard InChI is InChI=1S/C12H9ClF3NOS2/c1-17(10-9(13)11(18)20-19-10)6-7-3-2-4-8(5-7)12(14,15)16/h2-5H,6H2,1H3. The maximum atomic E-state index is 12.6. The van der Waals surface area contributed by atoms with Gasteiger partial charge in [0.25, 0.3) is 4.74 Å². The average Bonchev–Trinajstić information content (AvgIpc) is 2.69. The Hall–Kier alpha value is -1.05. The van der Waals surface area contributed by atoms with E-state index in [1.807, 2.05) is 0 Å². The summed E-state index contributed by atoms with van der Waals surface area (Å²) in [5.74, 6) is 0. The Balaban J connectivity index is 2.22. The van der Waals surface area contributed by atoms with Crippen LogP contribution in [0.5, 0.6) is 0 Å². The molecule has 1 aromatic heterocycles. The molecule has 2 nitrogen and oxygen atoms in total. The van der Waals surface area contributed by atoms with E-state index >= 15 is 0 Å². The molecule has 0 spiro atoms. The summed E-state index contributed by atoms with van der Waals surface area (Å²) < 4.78 is 37.6. The number of hydrogen-bond acceptors (Lipinski definition) is 4. The molecule has 0 atom stereocenters. The van der Waals surface area contributed by atoms with Gasteiger partial charge in [0.1, 0.15) is 10.0 Å². The number of hydrogen-bond donors (Lipinski definition) is 0. The van der Waals surface area contributed by atoms with Crippen LogP contribution in [0.4, 0.5) is 18.2 Å². The van der Waals surface area contributed by atoms with Gasteiger partial charge in [-0.05, 0) is 28.0 Å². The van der Waals surface area contributed by atoms with E-state index in [9.17, 15) is 18.0 Å². The van der Waals surface area contributed by atoms with E-state index in [4.69, 9.17) is 11.6 Å². The van der Waals surface area contributed by atoms with Crippen molar-refractivity contribution in [3.05, 3.63) is 50.0 Å². The first-order chi connectivity index (χ1) is 9.29. The van der Waals surface area contributed by atoms with Gasteiger partial charge in [-0.1, -0.05) is 34.1 Å². The fourth-order valence-electron chi connectivity index (χ4n) is 1.66. The molecule has 0 aliphatic heterocycles. The Morgan fingerprint density at radius 2 is 2.00 bits per heavy atom. The van der Waals surface area contributed by atoms with E-state index in [0.29, 0.717) is 10.6 Å². The van der Waals surface area contributed by atoms with Gasteiger partial charge in [0.2, 0.25) is 0 Å². The first kappa shape index (κ1) is 15.3. The second-order valence-corrected chi connectivity index (χ2v) is 6.60. The Morgan fingerprint density at radius 3 is 2.55 bits per heavy atom. The van der Waals surface area contributed by atoms with E-state index in [-0.39, 0.29) is 16.3 Å². The summed E-state index contributed by atoms with van der Waals surface area (Å²) >= 11 is 5.86. The summed E-state index contributed by atoms with van der Waals surface area (Å²) in [6, 6.07) is 5.09. The molecular weight excluding hydrogens is 331 g/mol. The van der Waals surface area contributed by atoms with Crippen LogP contribution in [0.15, 0.2) is 29.1 Å². The van der Waals surface area contributed by atoms with E-state index in [1.54, 1.807) is 18.0 Å². The van der Waals surface area contributed by atoms with E-state index in [1.165, 1.54) is 16.4 Å². The fraction of sp³-hybridized carbons (Fsp3) is 0.250. The smallest absolute Gasteiger partial charge is 0.360 e. The molecule has 2 rings (SSSR count). The maximum Gasteiger partial charge on any atom is 0.416 e. The molecule has 0 aliphatic carbocycles. The highest BCUT2D eigenvalue weighted by Gasteiger charge is 2.30. The van der Waals surface area contributed by atoms with Crippen molar-refractivity contribution in [1.82, 2.24) is 0 Å².